The number of nitrogens with zero attached hydrogens (tertiary/aromatic N) is 4. The zero-order valence-electron chi connectivity index (χ0n) is 20.8. The van der Waals surface area contributed by atoms with Crippen LogP contribution >= 0.6 is 0 Å². The number of carbonyl (C=O) groups excluding carboxylic acids is 1. The van der Waals surface area contributed by atoms with Crippen LogP contribution in [0.5, 0.6) is 17.4 Å². The van der Waals surface area contributed by atoms with Crippen molar-refractivity contribution in [2.24, 2.45) is 0 Å². The van der Waals surface area contributed by atoms with Gasteiger partial charge in [-0.2, -0.15) is 9.97 Å². The molecule has 0 spiro atoms. The number of methoxy groups -OCH3 is 1. The predicted molar refractivity (Wildman–Crippen MR) is 145 cm³/mol. The Bertz CT molecular complexity index is 1430. The summed E-state index contributed by atoms with van der Waals surface area (Å²) >= 11 is 0. The van der Waals surface area contributed by atoms with E-state index in [9.17, 15) is 4.79 Å². The third kappa shape index (κ3) is 5.49. The van der Waals surface area contributed by atoms with Crippen molar-refractivity contribution in [3.8, 4) is 17.4 Å². The molecule has 1 fully saturated rings. The molecule has 4 aromatic rings. The minimum absolute atomic E-state index is 0.300. The third-order valence-corrected chi connectivity index (χ3v) is 6.18. The van der Waals surface area contributed by atoms with Crippen LogP contribution in [0.3, 0.4) is 0 Å². The second kappa shape index (κ2) is 10.6. The highest BCUT2D eigenvalue weighted by atomic mass is 16.5. The number of benzene rings is 2. The zero-order chi connectivity index (χ0) is 25.8. The van der Waals surface area contributed by atoms with Crippen LogP contribution in [0.1, 0.15) is 0 Å². The van der Waals surface area contributed by atoms with Gasteiger partial charge in [0.15, 0.2) is 0 Å². The first kappa shape index (κ1) is 24.1. The second-order valence-corrected chi connectivity index (χ2v) is 8.72. The molecule has 10 nitrogen and oxygen atoms in total. The van der Waals surface area contributed by atoms with E-state index in [1.54, 1.807) is 37.6 Å². The van der Waals surface area contributed by atoms with E-state index in [0.29, 0.717) is 34.7 Å². The maximum atomic E-state index is 11.7. The molecule has 5 rings (SSSR count). The molecule has 37 heavy (non-hydrogen) atoms. The number of hydrogen-bond donors (Lipinski definition) is 3. The number of piperazine rings is 1. The summed E-state index contributed by atoms with van der Waals surface area (Å²) in [5.41, 5.74) is 3.07. The van der Waals surface area contributed by atoms with Gasteiger partial charge in [0, 0.05) is 55.9 Å². The monoisotopic (exact) mass is 499 g/mol. The number of likely N-dealkylation sites (N-methyl/N-ethyl adjacent to an activating group) is 1. The topological polar surface area (TPSA) is 108 Å². The van der Waals surface area contributed by atoms with Crippen LogP contribution in [0.25, 0.3) is 11.0 Å². The van der Waals surface area contributed by atoms with E-state index in [-0.39, 0.29) is 5.91 Å². The Morgan fingerprint density at radius 3 is 2.73 bits per heavy atom. The lowest BCUT2D eigenvalue weighted by atomic mass is 10.2. The fourth-order valence-electron chi connectivity index (χ4n) is 4.15. The van der Waals surface area contributed by atoms with Gasteiger partial charge in [0.05, 0.1) is 18.2 Å². The molecule has 2 aromatic carbocycles. The van der Waals surface area contributed by atoms with Gasteiger partial charge in [-0.3, -0.25) is 4.79 Å². The highest BCUT2D eigenvalue weighted by molar-refractivity contribution is 5.99. The van der Waals surface area contributed by atoms with Crippen LogP contribution in [-0.2, 0) is 4.79 Å². The van der Waals surface area contributed by atoms with Gasteiger partial charge >= 0.3 is 0 Å². The molecule has 3 N–H and O–H groups in total. The molecule has 2 aromatic heterocycles. The Morgan fingerprint density at radius 1 is 1.11 bits per heavy atom. The van der Waals surface area contributed by atoms with Crippen molar-refractivity contribution in [3.63, 3.8) is 0 Å². The maximum absolute atomic E-state index is 11.7. The number of ether oxygens (including phenoxy) is 2. The van der Waals surface area contributed by atoms with Crippen LogP contribution in [0, 0.1) is 0 Å². The average molecular weight is 500 g/mol. The van der Waals surface area contributed by atoms with Gasteiger partial charge < -0.3 is 34.9 Å². The van der Waals surface area contributed by atoms with Gasteiger partial charge in [0.1, 0.15) is 17.1 Å². The summed E-state index contributed by atoms with van der Waals surface area (Å²) in [6.45, 7) is 7.47. The standard InChI is InChI=1S/C27H29N7O3/c1-4-24(35)29-18-6-5-7-20(16-18)37-26-21-10-11-28-25(21)31-27(32-26)30-22-9-8-19(17-23(22)36-3)34-14-12-33(2)13-15-34/h4-11,16-17H,1,12-15H2,2-3H3,(H,29,35)(H2,28,30,31,32). The Labute approximate surface area is 214 Å². The molecule has 1 saturated heterocycles. The summed E-state index contributed by atoms with van der Waals surface area (Å²) in [6.07, 6.45) is 2.99. The summed E-state index contributed by atoms with van der Waals surface area (Å²) in [5, 5.41) is 6.73. The van der Waals surface area contributed by atoms with Crippen molar-refractivity contribution in [2.45, 2.75) is 0 Å². The fraction of sp³-hybridized carbons (Fsp3) is 0.222. The number of rotatable bonds is 8. The molecule has 0 bridgehead atoms. The maximum Gasteiger partial charge on any atom is 0.247 e. The molecule has 0 unspecified atom stereocenters. The van der Waals surface area contributed by atoms with Crippen LogP contribution < -0.4 is 25.0 Å². The Morgan fingerprint density at radius 2 is 1.95 bits per heavy atom. The lowest BCUT2D eigenvalue weighted by molar-refractivity contribution is -0.111. The van der Waals surface area contributed by atoms with Crippen molar-refractivity contribution >= 4 is 40.0 Å². The predicted octanol–water partition coefficient (Wildman–Crippen LogP) is 4.38. The zero-order valence-corrected chi connectivity index (χ0v) is 20.8. The summed E-state index contributed by atoms with van der Waals surface area (Å²) in [4.78, 5) is 28.7. The van der Waals surface area contributed by atoms with Gasteiger partial charge in [-0.15, -0.1) is 0 Å². The van der Waals surface area contributed by atoms with Crippen LogP contribution in [0.15, 0.2) is 67.4 Å². The Kier molecular flexibility index (Phi) is 6.91. The van der Waals surface area contributed by atoms with Crippen molar-refractivity contribution in [2.75, 3.05) is 55.9 Å². The van der Waals surface area contributed by atoms with E-state index in [1.807, 2.05) is 18.2 Å². The van der Waals surface area contributed by atoms with Crippen molar-refractivity contribution in [3.05, 3.63) is 67.4 Å². The number of nitrogens with one attached hydrogen (secondary N) is 3. The van der Waals surface area contributed by atoms with E-state index < -0.39 is 0 Å². The molecule has 1 aliphatic heterocycles. The summed E-state index contributed by atoms with van der Waals surface area (Å²) in [5.74, 6) is 1.63. The Balaban J connectivity index is 1.40. The normalized spacial score (nSPS) is 13.8. The molecule has 0 atom stereocenters. The number of amides is 1. The SMILES string of the molecule is C=CC(=O)Nc1cccc(Oc2nc(Nc3ccc(N4CCN(C)CC4)cc3OC)nc3[nH]ccc23)c1. The first-order valence-corrected chi connectivity index (χ1v) is 12.0. The van der Waals surface area contributed by atoms with Crippen LogP contribution in [0.4, 0.5) is 23.0 Å². The van der Waals surface area contributed by atoms with Gasteiger partial charge in [0.2, 0.25) is 17.7 Å². The molecule has 3 heterocycles. The van der Waals surface area contributed by atoms with Gasteiger partial charge in [-0.05, 0) is 43.5 Å². The number of H-pyrrole nitrogens is 1. The van der Waals surface area contributed by atoms with Gasteiger partial charge in [-0.1, -0.05) is 12.6 Å². The van der Waals surface area contributed by atoms with E-state index in [0.717, 1.165) is 42.9 Å². The highest BCUT2D eigenvalue weighted by Gasteiger charge is 2.17. The molecular formula is C27H29N7O3. The molecule has 1 aliphatic rings. The first-order chi connectivity index (χ1) is 18.0. The van der Waals surface area contributed by atoms with Crippen molar-refractivity contribution in [1.82, 2.24) is 19.9 Å². The average Bonchev–Trinajstić information content (AvgIpc) is 3.39. The molecule has 10 heteroatoms. The molecule has 1 amide bonds. The Hall–Kier alpha value is -4.57. The quantitative estimate of drug-likeness (QED) is 0.307. The molecular weight excluding hydrogens is 470 g/mol. The lowest BCUT2D eigenvalue weighted by Crippen LogP contribution is -2.44. The minimum atomic E-state index is -0.300. The van der Waals surface area contributed by atoms with Crippen LogP contribution in [0.2, 0.25) is 0 Å². The number of anilines is 4. The largest absolute Gasteiger partial charge is 0.494 e. The molecule has 0 aliphatic carbocycles. The lowest BCUT2D eigenvalue weighted by Gasteiger charge is -2.34. The number of fused-ring (bicyclic) bond motifs is 1. The smallest absolute Gasteiger partial charge is 0.247 e. The molecule has 190 valence electrons. The van der Waals surface area contributed by atoms with Gasteiger partial charge in [-0.25, -0.2) is 0 Å². The third-order valence-electron chi connectivity index (χ3n) is 6.18. The van der Waals surface area contributed by atoms with Crippen LogP contribution in [-0.4, -0.2) is 66.1 Å². The number of aromatic amines is 1. The highest BCUT2D eigenvalue weighted by Crippen LogP contribution is 2.34. The van der Waals surface area contributed by atoms with E-state index >= 15 is 0 Å². The van der Waals surface area contributed by atoms with E-state index in [2.05, 4.69) is 55.1 Å². The van der Waals surface area contributed by atoms with E-state index in [1.165, 1.54) is 6.08 Å². The second-order valence-electron chi connectivity index (χ2n) is 8.72. The summed E-state index contributed by atoms with van der Waals surface area (Å²) < 4.78 is 11.8. The number of aromatic nitrogens is 3. The van der Waals surface area contributed by atoms with Crippen molar-refractivity contribution in [1.29, 1.82) is 0 Å². The number of carbonyl (C=O) groups is 1. The fourth-order valence-corrected chi connectivity index (χ4v) is 4.15. The molecule has 0 saturated carbocycles. The minimum Gasteiger partial charge on any atom is -0.494 e. The van der Waals surface area contributed by atoms with Crippen molar-refractivity contribution < 1.29 is 14.3 Å². The van der Waals surface area contributed by atoms with Gasteiger partial charge in [0.25, 0.3) is 0 Å². The number of hydrogen-bond acceptors (Lipinski definition) is 8. The summed E-state index contributed by atoms with van der Waals surface area (Å²) in [7, 11) is 3.79. The first-order valence-electron chi connectivity index (χ1n) is 12.0. The summed E-state index contributed by atoms with van der Waals surface area (Å²) in [6, 6.07) is 15.0. The molecule has 0 radical (unpaired) electrons. The van der Waals surface area contributed by atoms with E-state index in [4.69, 9.17) is 9.47 Å².